The minimum absolute atomic E-state index is 0.0981. The van der Waals surface area contributed by atoms with Crippen LogP contribution in [0.25, 0.3) is 16.7 Å². The second kappa shape index (κ2) is 9.26. The molecule has 0 N–H and O–H groups in total. The van der Waals surface area contributed by atoms with E-state index in [9.17, 15) is 17.6 Å². The van der Waals surface area contributed by atoms with Crippen molar-refractivity contribution >= 4 is 47.2 Å². The predicted octanol–water partition coefficient (Wildman–Crippen LogP) is 2.24. The molecule has 12 heteroatoms. The Kier molecular flexibility index (Phi) is 6.70. The number of carbonyl (C=O) groups excluding carboxylic acids is 1. The van der Waals surface area contributed by atoms with Crippen molar-refractivity contribution < 1.29 is 22.3 Å². The Morgan fingerprint density at radius 3 is 2.71 bits per heavy atom. The van der Waals surface area contributed by atoms with Gasteiger partial charge in [-0.2, -0.15) is 0 Å². The Balaban J connectivity index is 1.58. The van der Waals surface area contributed by atoms with Crippen LogP contribution in [-0.4, -0.2) is 79.9 Å². The van der Waals surface area contributed by atoms with Gasteiger partial charge in [-0.15, -0.1) is 0 Å². The summed E-state index contributed by atoms with van der Waals surface area (Å²) in [6.07, 6.45) is 5.70. The Morgan fingerprint density at radius 1 is 1.26 bits per heavy atom. The maximum absolute atomic E-state index is 14.8. The number of piperidine rings is 1. The third kappa shape index (κ3) is 5.41. The number of ether oxygens (including phenoxy) is 1. The SMILES string of the molecule is CC(C)(C)OC(=O)N1CCCC([AsH]c2ncnc3c2cnn3-c2ccc(S(C)(=O)=O)cc2F)C1. The zero-order chi connectivity index (χ0) is 24.7. The van der Waals surface area contributed by atoms with Crippen molar-refractivity contribution in [2.45, 2.75) is 48.8 Å². The molecule has 34 heavy (non-hydrogen) atoms. The number of sulfone groups is 1. The zero-order valence-electron chi connectivity index (χ0n) is 19.4. The normalized spacial score (nSPS) is 17.6. The molecule has 4 rings (SSSR count). The Hall–Kier alpha value is -2.52. The van der Waals surface area contributed by atoms with Crippen LogP contribution in [0.5, 0.6) is 0 Å². The van der Waals surface area contributed by atoms with Crippen LogP contribution in [0.2, 0.25) is 4.71 Å². The van der Waals surface area contributed by atoms with Gasteiger partial charge in [0.25, 0.3) is 0 Å². The van der Waals surface area contributed by atoms with Gasteiger partial charge < -0.3 is 0 Å². The van der Waals surface area contributed by atoms with Crippen LogP contribution in [0.3, 0.4) is 0 Å². The first kappa shape index (κ1) is 24.6. The molecule has 2 atom stereocenters. The Morgan fingerprint density at radius 2 is 2.03 bits per heavy atom. The molecule has 0 saturated carbocycles. The summed E-state index contributed by atoms with van der Waals surface area (Å²) >= 11 is -0.761. The third-order valence-electron chi connectivity index (χ3n) is 5.36. The van der Waals surface area contributed by atoms with Crippen LogP contribution in [0.15, 0.2) is 35.6 Å². The van der Waals surface area contributed by atoms with Gasteiger partial charge in [-0.1, -0.05) is 0 Å². The van der Waals surface area contributed by atoms with E-state index in [0.717, 1.165) is 35.0 Å². The molecular weight excluding hydrogens is 524 g/mol. The van der Waals surface area contributed by atoms with Crippen molar-refractivity contribution in [3.8, 4) is 5.69 Å². The minimum atomic E-state index is -3.52. The van der Waals surface area contributed by atoms with Gasteiger partial charge >= 0.3 is 205 Å². The molecule has 0 radical (unpaired) electrons. The fourth-order valence-electron chi connectivity index (χ4n) is 3.81. The van der Waals surface area contributed by atoms with E-state index in [2.05, 4.69) is 15.1 Å². The van der Waals surface area contributed by atoms with Gasteiger partial charge in [0.05, 0.1) is 0 Å². The summed E-state index contributed by atoms with van der Waals surface area (Å²) in [5.74, 6) is -0.704. The van der Waals surface area contributed by atoms with Crippen molar-refractivity contribution in [2.24, 2.45) is 0 Å². The van der Waals surface area contributed by atoms with Crippen molar-refractivity contribution in [1.29, 1.82) is 0 Å². The van der Waals surface area contributed by atoms with Crippen LogP contribution in [0, 0.1) is 5.82 Å². The molecule has 0 aliphatic carbocycles. The summed E-state index contributed by atoms with van der Waals surface area (Å²) in [5, 5.41) is 5.05. The van der Waals surface area contributed by atoms with E-state index in [0.29, 0.717) is 23.4 Å². The van der Waals surface area contributed by atoms with E-state index < -0.39 is 37.0 Å². The number of likely N-dealkylation sites (tertiary alicyclic amines) is 1. The first-order valence-electron chi connectivity index (χ1n) is 10.9. The first-order valence-corrected chi connectivity index (χ1v) is 15.0. The first-order chi connectivity index (χ1) is 15.9. The van der Waals surface area contributed by atoms with E-state index in [1.165, 1.54) is 23.1 Å². The van der Waals surface area contributed by atoms with Gasteiger partial charge in [-0.3, -0.25) is 0 Å². The standard InChI is InChI=1S/C22H27AsFN5O4S/c1-22(2,3)33-21(30)28-9-5-6-14(12-28)23-19-16-11-27-29(20(16)26-13-25-19)18-8-7-15(10-17(18)24)34(4,31)32/h7-8,10-11,13-14,23H,5-6,9,12H2,1-4H3. The van der Waals surface area contributed by atoms with Gasteiger partial charge in [0.2, 0.25) is 0 Å². The number of rotatable bonds is 4. The van der Waals surface area contributed by atoms with E-state index in [1.54, 1.807) is 11.1 Å². The monoisotopic (exact) mass is 551 g/mol. The van der Waals surface area contributed by atoms with Gasteiger partial charge in [0.15, 0.2) is 0 Å². The molecule has 182 valence electrons. The number of benzene rings is 1. The molecule has 3 aromatic rings. The summed E-state index contributed by atoms with van der Waals surface area (Å²) in [6.45, 7) is 6.86. The van der Waals surface area contributed by atoms with Gasteiger partial charge in [-0.25, -0.2) is 0 Å². The Labute approximate surface area is 204 Å². The van der Waals surface area contributed by atoms with E-state index in [-0.39, 0.29) is 16.7 Å². The summed E-state index contributed by atoms with van der Waals surface area (Å²) in [7, 11) is -3.52. The van der Waals surface area contributed by atoms with Crippen LogP contribution in [-0.2, 0) is 14.6 Å². The number of amides is 1. The predicted molar refractivity (Wildman–Crippen MR) is 127 cm³/mol. The number of aromatic nitrogens is 4. The quantitative estimate of drug-likeness (QED) is 0.458. The molecule has 1 aromatic carbocycles. The number of nitrogens with zero attached hydrogens (tertiary/aromatic N) is 5. The van der Waals surface area contributed by atoms with Gasteiger partial charge in [-0.05, 0) is 0 Å². The average Bonchev–Trinajstić information content (AvgIpc) is 3.17. The molecule has 1 amide bonds. The topological polar surface area (TPSA) is 107 Å². The van der Waals surface area contributed by atoms with E-state index >= 15 is 0 Å². The van der Waals surface area contributed by atoms with Crippen molar-refractivity contribution in [3.63, 3.8) is 0 Å². The van der Waals surface area contributed by atoms with Crippen molar-refractivity contribution in [2.75, 3.05) is 19.3 Å². The van der Waals surface area contributed by atoms with Gasteiger partial charge in [0.1, 0.15) is 0 Å². The maximum atomic E-state index is 14.8. The van der Waals surface area contributed by atoms with Crippen LogP contribution < -0.4 is 4.48 Å². The summed E-state index contributed by atoms with van der Waals surface area (Å²) in [5.41, 5.74) is 0.0306. The number of fused-ring (bicyclic) bond motifs is 1. The molecule has 2 aromatic heterocycles. The van der Waals surface area contributed by atoms with Crippen LogP contribution in [0.4, 0.5) is 9.18 Å². The molecular formula is C22H27AsFN5O4S. The van der Waals surface area contributed by atoms with E-state index in [1.807, 2.05) is 20.8 Å². The summed E-state index contributed by atoms with van der Waals surface area (Å²) in [6, 6.07) is 3.72. The summed E-state index contributed by atoms with van der Waals surface area (Å²) in [4.78, 5) is 23.0. The van der Waals surface area contributed by atoms with E-state index in [4.69, 9.17) is 4.74 Å². The number of hydrogen-bond acceptors (Lipinski definition) is 7. The third-order valence-corrected chi connectivity index (χ3v) is 9.72. The molecule has 2 unspecified atom stereocenters. The molecule has 1 saturated heterocycles. The van der Waals surface area contributed by atoms with Crippen molar-refractivity contribution in [1.82, 2.24) is 24.6 Å². The molecule has 0 spiro atoms. The fraction of sp³-hybridized carbons (Fsp3) is 0.455. The number of hydrogen-bond donors (Lipinski definition) is 0. The second-order valence-corrected chi connectivity index (χ2v) is 14.6. The average molecular weight is 551 g/mol. The van der Waals surface area contributed by atoms with Crippen LogP contribution in [0.1, 0.15) is 33.6 Å². The van der Waals surface area contributed by atoms with Gasteiger partial charge in [0, 0.05) is 0 Å². The van der Waals surface area contributed by atoms with Crippen molar-refractivity contribution in [3.05, 3.63) is 36.5 Å². The molecule has 1 aliphatic rings. The molecule has 9 nitrogen and oxygen atoms in total. The zero-order valence-corrected chi connectivity index (χ0v) is 22.4. The molecule has 1 fully saturated rings. The molecule has 3 heterocycles. The molecule has 0 bridgehead atoms. The fourth-order valence-corrected chi connectivity index (χ4v) is 7.61. The second-order valence-electron chi connectivity index (χ2n) is 9.31. The number of carbonyl (C=O) groups is 1. The Bertz CT molecular complexity index is 1340. The van der Waals surface area contributed by atoms with Crippen LogP contribution >= 0.6 is 0 Å². The molecule has 1 aliphatic heterocycles. The number of halogens is 1. The summed E-state index contributed by atoms with van der Waals surface area (Å²) < 4.78 is 46.3.